The number of aliphatic hydroxyl groups excluding tert-OH is 1. The van der Waals surface area contributed by atoms with Crippen LogP contribution >= 0.6 is 0 Å². The van der Waals surface area contributed by atoms with Crippen molar-refractivity contribution in [2.45, 2.75) is 45.3 Å². The average Bonchev–Trinajstić information content (AvgIpc) is 2.53. The van der Waals surface area contributed by atoms with Crippen LogP contribution in [0.15, 0.2) is 18.2 Å². The highest BCUT2D eigenvalue weighted by molar-refractivity contribution is 5.83. The van der Waals surface area contributed by atoms with Crippen LogP contribution in [0.4, 0.5) is 0 Å². The van der Waals surface area contributed by atoms with Gasteiger partial charge in [-0.3, -0.25) is 14.6 Å². The van der Waals surface area contributed by atoms with Gasteiger partial charge in [-0.15, -0.1) is 0 Å². The molecule has 0 spiro atoms. The summed E-state index contributed by atoms with van der Waals surface area (Å²) < 4.78 is 0. The maximum atomic E-state index is 12.2. The van der Waals surface area contributed by atoms with Gasteiger partial charge >= 0.3 is 0 Å². The Hall–Kier alpha value is -1.95. The lowest BCUT2D eigenvalue weighted by Gasteiger charge is -2.29. The van der Waals surface area contributed by atoms with E-state index in [2.05, 4.69) is 4.98 Å². The summed E-state index contributed by atoms with van der Waals surface area (Å²) in [6, 6.07) is 5.73. The van der Waals surface area contributed by atoms with Gasteiger partial charge in [-0.25, -0.2) is 0 Å². The van der Waals surface area contributed by atoms with E-state index in [4.69, 9.17) is 0 Å². The first kappa shape index (κ1) is 17.4. The largest absolute Gasteiger partial charge is 0.393 e. The molecular formula is C17H25N3O3. The van der Waals surface area contributed by atoms with Crippen molar-refractivity contribution in [2.24, 2.45) is 0 Å². The fraction of sp³-hybridized carbons (Fsp3) is 0.588. The van der Waals surface area contributed by atoms with Crippen molar-refractivity contribution in [3.63, 3.8) is 0 Å². The zero-order chi connectivity index (χ0) is 16.8. The van der Waals surface area contributed by atoms with Gasteiger partial charge in [0.2, 0.25) is 11.8 Å². The molecule has 1 saturated heterocycles. The van der Waals surface area contributed by atoms with E-state index in [1.165, 1.54) is 0 Å². The molecule has 2 amide bonds. The van der Waals surface area contributed by atoms with E-state index in [0.717, 1.165) is 11.4 Å². The summed E-state index contributed by atoms with van der Waals surface area (Å²) in [7, 11) is 1.73. The van der Waals surface area contributed by atoms with Gasteiger partial charge in [0.25, 0.3) is 0 Å². The molecule has 0 atom stereocenters. The number of nitrogens with zero attached hydrogens (tertiary/aromatic N) is 3. The Morgan fingerprint density at radius 2 is 2.00 bits per heavy atom. The molecule has 0 bridgehead atoms. The second kappa shape index (κ2) is 8.06. The van der Waals surface area contributed by atoms with Crippen LogP contribution in [0.25, 0.3) is 0 Å². The lowest BCUT2D eigenvalue weighted by Crippen LogP contribution is -2.40. The van der Waals surface area contributed by atoms with Crippen molar-refractivity contribution in [3.8, 4) is 0 Å². The number of aryl methyl sites for hydroxylation is 1. The van der Waals surface area contributed by atoms with Crippen molar-refractivity contribution < 1.29 is 14.7 Å². The highest BCUT2D eigenvalue weighted by atomic mass is 16.3. The second-order valence-electron chi connectivity index (χ2n) is 6.13. The van der Waals surface area contributed by atoms with E-state index in [9.17, 15) is 14.7 Å². The van der Waals surface area contributed by atoms with Gasteiger partial charge in [0.15, 0.2) is 0 Å². The summed E-state index contributed by atoms with van der Waals surface area (Å²) in [5.74, 6) is -0.0639. The number of likely N-dealkylation sites (tertiary alicyclic amines) is 1. The van der Waals surface area contributed by atoms with Crippen molar-refractivity contribution in [2.75, 3.05) is 20.1 Å². The van der Waals surface area contributed by atoms with E-state index in [-0.39, 0.29) is 30.8 Å². The molecule has 23 heavy (non-hydrogen) atoms. The topological polar surface area (TPSA) is 73.7 Å². The second-order valence-corrected chi connectivity index (χ2v) is 6.13. The number of amides is 2. The Bertz CT molecular complexity index is 554. The molecule has 1 aliphatic rings. The number of pyridine rings is 1. The minimum Gasteiger partial charge on any atom is -0.393 e. The molecule has 0 saturated carbocycles. The molecule has 6 nitrogen and oxygen atoms in total. The predicted molar refractivity (Wildman–Crippen MR) is 86.5 cm³/mol. The number of piperidine rings is 1. The number of carbonyl (C=O) groups excluding carboxylic acids is 2. The zero-order valence-corrected chi connectivity index (χ0v) is 13.9. The number of hydrogen-bond acceptors (Lipinski definition) is 4. The van der Waals surface area contributed by atoms with Crippen LogP contribution in [0.2, 0.25) is 0 Å². The normalized spacial score (nSPS) is 15.5. The third-order valence-corrected chi connectivity index (χ3v) is 4.14. The third kappa shape index (κ3) is 5.32. The molecule has 1 N–H and O–H groups in total. The van der Waals surface area contributed by atoms with Gasteiger partial charge in [0.1, 0.15) is 0 Å². The minimum atomic E-state index is -0.298. The summed E-state index contributed by atoms with van der Waals surface area (Å²) in [4.78, 5) is 32.0. The van der Waals surface area contributed by atoms with Gasteiger partial charge < -0.3 is 14.9 Å². The molecular weight excluding hydrogens is 294 g/mol. The Balaban J connectivity index is 1.76. The van der Waals surface area contributed by atoms with Crippen LogP contribution in [0.5, 0.6) is 0 Å². The monoisotopic (exact) mass is 319 g/mol. The maximum absolute atomic E-state index is 12.2. The smallest absolute Gasteiger partial charge is 0.223 e. The first-order valence-corrected chi connectivity index (χ1v) is 8.08. The minimum absolute atomic E-state index is 0.00710. The van der Waals surface area contributed by atoms with Crippen LogP contribution in [0.1, 0.15) is 37.1 Å². The quantitative estimate of drug-likeness (QED) is 0.882. The van der Waals surface area contributed by atoms with E-state index < -0.39 is 0 Å². The van der Waals surface area contributed by atoms with Crippen LogP contribution in [0, 0.1) is 6.92 Å². The summed E-state index contributed by atoms with van der Waals surface area (Å²) in [5, 5.41) is 9.45. The molecule has 1 aromatic heterocycles. The molecule has 6 heteroatoms. The van der Waals surface area contributed by atoms with Crippen LogP contribution < -0.4 is 0 Å². The van der Waals surface area contributed by atoms with E-state index in [1.54, 1.807) is 16.8 Å². The van der Waals surface area contributed by atoms with Crippen LogP contribution in [-0.2, 0) is 16.1 Å². The third-order valence-electron chi connectivity index (χ3n) is 4.14. The highest BCUT2D eigenvalue weighted by Crippen LogP contribution is 2.12. The number of aromatic nitrogens is 1. The molecule has 0 unspecified atom stereocenters. The maximum Gasteiger partial charge on any atom is 0.223 e. The molecule has 2 rings (SSSR count). The number of aliphatic hydroxyl groups is 1. The Morgan fingerprint density at radius 3 is 2.65 bits per heavy atom. The molecule has 1 aliphatic heterocycles. The molecule has 1 aromatic rings. The fourth-order valence-corrected chi connectivity index (χ4v) is 2.70. The van der Waals surface area contributed by atoms with Crippen molar-refractivity contribution in [3.05, 3.63) is 29.6 Å². The van der Waals surface area contributed by atoms with Gasteiger partial charge in [-0.2, -0.15) is 0 Å². The number of rotatable bonds is 5. The van der Waals surface area contributed by atoms with E-state index in [1.807, 2.05) is 25.1 Å². The molecule has 126 valence electrons. The standard InChI is InChI=1S/C17H25N3O3/c1-13-4-3-5-14(18-13)12-19(2)16(22)6-7-17(23)20-10-8-15(21)9-11-20/h3-5,15,21H,6-12H2,1-2H3. The predicted octanol–water partition coefficient (Wildman–Crippen LogP) is 1.11. The SMILES string of the molecule is Cc1cccc(CN(C)C(=O)CCC(=O)N2CCC(O)CC2)n1. The number of carbonyl (C=O) groups is 2. The van der Waals surface area contributed by atoms with Crippen molar-refractivity contribution in [1.29, 1.82) is 0 Å². The fourth-order valence-electron chi connectivity index (χ4n) is 2.70. The van der Waals surface area contributed by atoms with Crippen LogP contribution in [-0.4, -0.2) is 57.9 Å². The summed E-state index contributed by atoms with van der Waals surface area (Å²) >= 11 is 0. The molecule has 2 heterocycles. The first-order chi connectivity index (χ1) is 11.0. The van der Waals surface area contributed by atoms with Gasteiger partial charge in [-0.1, -0.05) is 6.07 Å². The van der Waals surface area contributed by atoms with Gasteiger partial charge in [-0.05, 0) is 31.9 Å². The molecule has 0 aromatic carbocycles. The van der Waals surface area contributed by atoms with Gasteiger partial charge in [0, 0.05) is 38.7 Å². The zero-order valence-electron chi connectivity index (χ0n) is 13.9. The molecule has 0 aliphatic carbocycles. The molecule has 1 fully saturated rings. The van der Waals surface area contributed by atoms with E-state index >= 15 is 0 Å². The average molecular weight is 319 g/mol. The van der Waals surface area contributed by atoms with Crippen molar-refractivity contribution in [1.82, 2.24) is 14.8 Å². The Morgan fingerprint density at radius 1 is 1.30 bits per heavy atom. The lowest BCUT2D eigenvalue weighted by atomic mass is 10.1. The summed E-state index contributed by atoms with van der Waals surface area (Å²) in [6.45, 7) is 3.53. The van der Waals surface area contributed by atoms with E-state index in [0.29, 0.717) is 32.5 Å². The summed E-state index contributed by atoms with van der Waals surface area (Å²) in [5.41, 5.74) is 1.77. The molecule has 0 radical (unpaired) electrons. The highest BCUT2D eigenvalue weighted by Gasteiger charge is 2.22. The summed E-state index contributed by atoms with van der Waals surface area (Å²) in [6.07, 6.45) is 1.38. The first-order valence-electron chi connectivity index (χ1n) is 8.08. The van der Waals surface area contributed by atoms with Crippen molar-refractivity contribution >= 4 is 11.8 Å². The number of hydrogen-bond donors (Lipinski definition) is 1. The van der Waals surface area contributed by atoms with Gasteiger partial charge in [0.05, 0.1) is 18.3 Å². The van der Waals surface area contributed by atoms with Crippen LogP contribution in [0.3, 0.4) is 0 Å². The Kier molecular flexibility index (Phi) is 6.10. The Labute approximate surface area is 137 Å². The lowest BCUT2D eigenvalue weighted by molar-refractivity contribution is -0.137.